The molecule has 0 atom stereocenters. The average molecular weight is 501 g/mol. The van der Waals surface area contributed by atoms with Gasteiger partial charge in [0.25, 0.3) is 0 Å². The number of hydrogen-bond donors (Lipinski definition) is 0. The van der Waals surface area contributed by atoms with E-state index >= 15 is 0 Å². The van der Waals surface area contributed by atoms with Crippen molar-refractivity contribution >= 4 is 33.2 Å². The quantitative estimate of drug-likeness (QED) is 0.228. The number of fused-ring (bicyclic) bond motifs is 3. The standard InChI is InChI=1S/C37H28N2/c1-38(31-16-7-3-8-17-31)33-21-23-37-35(26-33)34-25-30(20-22-36(34)39(37)32-18-9-4-10-19-32)29-15-11-14-28(24-29)27-12-5-2-6-13-27/h2-26H,1H3. The van der Waals surface area contributed by atoms with Gasteiger partial charge in [0, 0.05) is 34.9 Å². The molecule has 0 aliphatic rings. The molecule has 7 rings (SSSR count). The van der Waals surface area contributed by atoms with E-state index in [2.05, 4.69) is 168 Å². The maximum atomic E-state index is 2.38. The Labute approximate surface area is 229 Å². The molecule has 7 aromatic rings. The van der Waals surface area contributed by atoms with Crippen LogP contribution in [0.1, 0.15) is 0 Å². The van der Waals surface area contributed by atoms with Crippen molar-refractivity contribution in [3.63, 3.8) is 0 Å². The first-order chi connectivity index (χ1) is 19.3. The van der Waals surface area contributed by atoms with Crippen LogP contribution in [0, 0.1) is 0 Å². The molecular weight excluding hydrogens is 472 g/mol. The minimum atomic E-state index is 1.16. The lowest BCUT2D eigenvalue weighted by Gasteiger charge is -2.19. The summed E-state index contributed by atoms with van der Waals surface area (Å²) < 4.78 is 2.38. The van der Waals surface area contributed by atoms with Gasteiger partial charge in [-0.25, -0.2) is 0 Å². The normalized spacial score (nSPS) is 11.2. The van der Waals surface area contributed by atoms with Gasteiger partial charge in [-0.2, -0.15) is 0 Å². The Morgan fingerprint density at radius 3 is 1.67 bits per heavy atom. The third-order valence-corrected chi connectivity index (χ3v) is 7.60. The first-order valence-corrected chi connectivity index (χ1v) is 13.3. The van der Waals surface area contributed by atoms with Gasteiger partial charge in [0.15, 0.2) is 0 Å². The van der Waals surface area contributed by atoms with Crippen LogP contribution < -0.4 is 4.90 Å². The molecule has 0 bridgehead atoms. The van der Waals surface area contributed by atoms with Crippen molar-refractivity contribution in [1.82, 2.24) is 4.57 Å². The molecule has 0 unspecified atom stereocenters. The summed E-state index contributed by atoms with van der Waals surface area (Å²) in [7, 11) is 2.13. The van der Waals surface area contributed by atoms with Crippen LogP contribution in [0.15, 0.2) is 152 Å². The van der Waals surface area contributed by atoms with Crippen LogP contribution in [-0.4, -0.2) is 11.6 Å². The molecule has 0 saturated carbocycles. The van der Waals surface area contributed by atoms with E-state index in [1.165, 1.54) is 55.4 Å². The topological polar surface area (TPSA) is 8.17 Å². The van der Waals surface area contributed by atoms with Crippen LogP contribution in [0.4, 0.5) is 11.4 Å². The van der Waals surface area contributed by atoms with Gasteiger partial charge >= 0.3 is 0 Å². The van der Waals surface area contributed by atoms with Crippen molar-refractivity contribution in [3.8, 4) is 27.9 Å². The molecule has 0 aliphatic carbocycles. The van der Waals surface area contributed by atoms with Gasteiger partial charge in [0.1, 0.15) is 0 Å². The number of benzene rings is 6. The molecule has 0 saturated heterocycles. The summed E-state index contributed by atoms with van der Waals surface area (Å²) in [6.45, 7) is 0. The maximum absolute atomic E-state index is 2.38. The van der Waals surface area contributed by atoms with Crippen molar-refractivity contribution < 1.29 is 0 Å². The zero-order chi connectivity index (χ0) is 26.2. The molecule has 0 spiro atoms. The first kappa shape index (κ1) is 23.1. The van der Waals surface area contributed by atoms with E-state index in [0.29, 0.717) is 0 Å². The van der Waals surface area contributed by atoms with Crippen molar-refractivity contribution in [2.24, 2.45) is 0 Å². The number of anilines is 2. The number of para-hydroxylation sites is 2. The minimum absolute atomic E-state index is 1.16. The molecule has 0 N–H and O–H groups in total. The van der Waals surface area contributed by atoms with Crippen molar-refractivity contribution in [1.29, 1.82) is 0 Å². The predicted molar refractivity (Wildman–Crippen MR) is 166 cm³/mol. The van der Waals surface area contributed by atoms with E-state index in [0.717, 1.165) is 5.69 Å². The Morgan fingerprint density at radius 2 is 0.949 bits per heavy atom. The molecule has 1 aromatic heterocycles. The van der Waals surface area contributed by atoms with Crippen molar-refractivity contribution in [2.45, 2.75) is 0 Å². The third-order valence-electron chi connectivity index (χ3n) is 7.60. The average Bonchev–Trinajstić information content (AvgIpc) is 3.35. The van der Waals surface area contributed by atoms with Crippen LogP contribution >= 0.6 is 0 Å². The Morgan fingerprint density at radius 1 is 0.410 bits per heavy atom. The summed E-state index contributed by atoms with van der Waals surface area (Å²) >= 11 is 0. The molecular formula is C37H28N2. The molecule has 0 fully saturated rings. The lowest BCUT2D eigenvalue weighted by atomic mass is 9.98. The fourth-order valence-electron chi connectivity index (χ4n) is 5.56. The Hall–Kier alpha value is -5.08. The maximum Gasteiger partial charge on any atom is 0.0542 e. The molecule has 39 heavy (non-hydrogen) atoms. The second kappa shape index (κ2) is 9.66. The van der Waals surface area contributed by atoms with Gasteiger partial charge < -0.3 is 9.47 Å². The van der Waals surface area contributed by atoms with E-state index in [1.807, 2.05) is 0 Å². The summed E-state index contributed by atoms with van der Waals surface area (Å²) in [5.74, 6) is 0. The van der Waals surface area contributed by atoms with Crippen LogP contribution in [0.25, 0.3) is 49.7 Å². The predicted octanol–water partition coefficient (Wildman–Crippen LogP) is 9.89. The van der Waals surface area contributed by atoms with E-state index in [4.69, 9.17) is 0 Å². The highest BCUT2D eigenvalue weighted by atomic mass is 15.1. The number of nitrogens with zero attached hydrogens (tertiary/aromatic N) is 2. The Balaban J connectivity index is 1.43. The summed E-state index contributed by atoms with van der Waals surface area (Å²) in [5, 5.41) is 2.50. The van der Waals surface area contributed by atoms with Crippen LogP contribution in [-0.2, 0) is 0 Å². The lowest BCUT2D eigenvalue weighted by Crippen LogP contribution is -2.08. The number of rotatable bonds is 5. The van der Waals surface area contributed by atoms with Gasteiger partial charge in [-0.15, -0.1) is 0 Å². The molecule has 0 radical (unpaired) electrons. The fraction of sp³-hybridized carbons (Fsp3) is 0.0270. The van der Waals surface area contributed by atoms with Gasteiger partial charge in [-0.05, 0) is 82.9 Å². The molecule has 0 aliphatic heterocycles. The van der Waals surface area contributed by atoms with Crippen molar-refractivity contribution in [3.05, 3.63) is 152 Å². The van der Waals surface area contributed by atoms with Crippen LogP contribution in [0.5, 0.6) is 0 Å². The molecule has 2 nitrogen and oxygen atoms in total. The highest BCUT2D eigenvalue weighted by Gasteiger charge is 2.15. The van der Waals surface area contributed by atoms with Gasteiger partial charge in [-0.1, -0.05) is 91.0 Å². The van der Waals surface area contributed by atoms with Crippen LogP contribution in [0.3, 0.4) is 0 Å². The second-order valence-corrected chi connectivity index (χ2v) is 9.95. The highest BCUT2D eigenvalue weighted by molar-refractivity contribution is 6.11. The van der Waals surface area contributed by atoms with Gasteiger partial charge in [0.05, 0.1) is 11.0 Å². The minimum Gasteiger partial charge on any atom is -0.345 e. The van der Waals surface area contributed by atoms with Crippen molar-refractivity contribution in [2.75, 3.05) is 11.9 Å². The van der Waals surface area contributed by atoms with Gasteiger partial charge in [0.2, 0.25) is 0 Å². The fourth-order valence-corrected chi connectivity index (χ4v) is 5.56. The summed E-state index contributed by atoms with van der Waals surface area (Å²) in [6.07, 6.45) is 0. The molecule has 6 aromatic carbocycles. The van der Waals surface area contributed by atoms with E-state index in [1.54, 1.807) is 0 Å². The monoisotopic (exact) mass is 500 g/mol. The SMILES string of the molecule is CN(c1ccccc1)c1ccc2c(c1)c1cc(-c3cccc(-c4ccccc4)c3)ccc1n2-c1ccccc1. The van der Waals surface area contributed by atoms with Crippen LogP contribution in [0.2, 0.25) is 0 Å². The summed E-state index contributed by atoms with van der Waals surface area (Å²) in [6, 6.07) is 54.3. The largest absolute Gasteiger partial charge is 0.345 e. The van der Waals surface area contributed by atoms with E-state index < -0.39 is 0 Å². The molecule has 0 amide bonds. The first-order valence-electron chi connectivity index (χ1n) is 13.3. The third kappa shape index (κ3) is 4.17. The molecule has 2 heteroatoms. The van der Waals surface area contributed by atoms with E-state index in [-0.39, 0.29) is 0 Å². The van der Waals surface area contributed by atoms with E-state index in [9.17, 15) is 0 Å². The highest BCUT2D eigenvalue weighted by Crippen LogP contribution is 2.38. The second-order valence-electron chi connectivity index (χ2n) is 9.95. The summed E-state index contributed by atoms with van der Waals surface area (Å²) in [4.78, 5) is 2.25. The summed E-state index contributed by atoms with van der Waals surface area (Å²) in [5.41, 5.74) is 10.8. The zero-order valence-corrected chi connectivity index (χ0v) is 21.8. The zero-order valence-electron chi connectivity index (χ0n) is 21.8. The Bertz CT molecular complexity index is 1900. The number of aromatic nitrogens is 1. The molecule has 1 heterocycles. The Kier molecular flexibility index (Phi) is 5.71. The smallest absolute Gasteiger partial charge is 0.0542 e. The number of hydrogen-bond acceptors (Lipinski definition) is 1. The lowest BCUT2D eigenvalue weighted by molar-refractivity contribution is 1.17. The molecule has 186 valence electrons. The van der Waals surface area contributed by atoms with Gasteiger partial charge in [-0.3, -0.25) is 0 Å².